The van der Waals surface area contributed by atoms with Crippen molar-refractivity contribution in [1.29, 1.82) is 0 Å². The van der Waals surface area contributed by atoms with Crippen molar-refractivity contribution in [2.24, 2.45) is 5.92 Å². The van der Waals surface area contributed by atoms with Crippen LogP contribution in [0.2, 0.25) is 17.1 Å². The first kappa shape index (κ1) is 59.4. The fraction of sp³-hybridized carbons (Fsp3) is 0.550. The molecule has 0 radical (unpaired) electrons. The summed E-state index contributed by atoms with van der Waals surface area (Å²) in [6, 6.07) is 6.21. The summed E-state index contributed by atoms with van der Waals surface area (Å²) in [5.74, 6) is -60.7. The zero-order chi connectivity index (χ0) is 52.9. The summed E-state index contributed by atoms with van der Waals surface area (Å²) in [6.45, 7) is 7.07. The molecule has 3 N–H and O–H groups in total. The van der Waals surface area contributed by atoms with Gasteiger partial charge >= 0.3 is 53.7 Å². The molecule has 0 aliphatic carbocycles. The van der Waals surface area contributed by atoms with E-state index >= 15 is 8.78 Å². The van der Waals surface area contributed by atoms with Crippen LogP contribution in [0.5, 0.6) is 5.75 Å². The summed E-state index contributed by atoms with van der Waals surface area (Å²) in [7, 11) is -4.07. The first-order valence-corrected chi connectivity index (χ1v) is 21.8. The van der Waals surface area contributed by atoms with E-state index in [4.69, 9.17) is 19.1 Å². The number of benzene rings is 2. The van der Waals surface area contributed by atoms with E-state index in [0.29, 0.717) is 11.6 Å². The number of hydrogen-bond acceptors (Lipinski definition) is 6. The van der Waals surface area contributed by atoms with Gasteiger partial charge in [-0.25, -0.2) is 19.1 Å². The minimum Gasteiger partial charge on any atom is -0.491 e. The van der Waals surface area contributed by atoms with E-state index in [9.17, 15) is 84.2 Å². The summed E-state index contributed by atoms with van der Waals surface area (Å²) >= 11 is 0. The molecule has 0 fully saturated rings. The van der Waals surface area contributed by atoms with Crippen LogP contribution in [0.3, 0.4) is 0 Å². The molecule has 2 rings (SSSR count). The van der Waals surface area contributed by atoms with Crippen LogP contribution < -0.4 is 15.5 Å². The lowest BCUT2D eigenvalue weighted by molar-refractivity contribution is -0.461. The van der Waals surface area contributed by atoms with Crippen LogP contribution in [0, 0.1) is 17.6 Å². The van der Waals surface area contributed by atoms with Crippen molar-refractivity contribution in [2.45, 2.75) is 119 Å². The molecular weight excluding hydrogens is 993 g/mol. The van der Waals surface area contributed by atoms with Crippen LogP contribution in [0.15, 0.2) is 66.3 Å². The Morgan fingerprint density at radius 2 is 1.21 bits per heavy atom. The molecule has 2 aromatic rings. The maximum atomic E-state index is 15.0. The summed E-state index contributed by atoms with van der Waals surface area (Å²) in [6.07, 6.45) is -8.94. The summed E-state index contributed by atoms with van der Waals surface area (Å²) in [5.41, 5.74) is -0.352. The molecule has 0 aromatic heterocycles. The molecular formula is C40H43F19N2O6Si. The topological polar surface area (TPSA) is 106 Å². The van der Waals surface area contributed by atoms with Gasteiger partial charge in [-0.2, -0.15) is 74.6 Å². The second kappa shape index (κ2) is 21.5. The van der Waals surface area contributed by atoms with Crippen molar-refractivity contribution in [2.75, 3.05) is 18.5 Å². The average Bonchev–Trinajstić information content (AvgIpc) is 3.21. The average molecular weight is 1040 g/mol. The number of halogens is 19. The van der Waals surface area contributed by atoms with Crippen LogP contribution in [0.1, 0.15) is 59.6 Å². The first-order chi connectivity index (χ1) is 30.7. The first-order valence-electron chi connectivity index (χ1n) is 19.5. The highest BCUT2D eigenvalue weighted by atomic mass is 28.4. The Morgan fingerprint density at radius 3 is 1.68 bits per heavy atom. The van der Waals surface area contributed by atoms with Crippen molar-refractivity contribution in [3.8, 4) is 5.75 Å². The van der Waals surface area contributed by atoms with Crippen molar-refractivity contribution < 1.29 is 112 Å². The van der Waals surface area contributed by atoms with Crippen molar-refractivity contribution >= 4 is 26.0 Å². The molecule has 0 heterocycles. The Hall–Kier alpha value is -4.73. The lowest BCUT2D eigenvalue weighted by atomic mass is 9.88. The highest BCUT2D eigenvalue weighted by molar-refractivity contribution is 6.76. The van der Waals surface area contributed by atoms with Gasteiger partial charge in [0.1, 0.15) is 30.1 Å². The van der Waals surface area contributed by atoms with Gasteiger partial charge in [0, 0.05) is 24.5 Å². The molecule has 0 unspecified atom stereocenters. The van der Waals surface area contributed by atoms with E-state index in [1.165, 1.54) is 76.5 Å². The maximum Gasteiger partial charge on any atom is 0.460 e. The Labute approximate surface area is 375 Å². The molecule has 2 aromatic carbocycles. The Bertz CT molecular complexity index is 2090. The largest absolute Gasteiger partial charge is 0.491 e. The second-order valence-electron chi connectivity index (χ2n) is 15.8. The van der Waals surface area contributed by atoms with Crippen molar-refractivity contribution in [1.82, 2.24) is 5.48 Å². The molecule has 0 aliphatic rings. The molecule has 8 nitrogen and oxygen atoms in total. The number of hydrogen-bond donors (Lipinski definition) is 3. The smallest absolute Gasteiger partial charge is 0.460 e. The fourth-order valence-corrected chi connectivity index (χ4v) is 11.0. The van der Waals surface area contributed by atoms with E-state index in [0.717, 1.165) is 18.2 Å². The normalized spacial score (nSPS) is 15.2. The lowest BCUT2D eigenvalue weighted by Crippen LogP contribution is -2.74. The number of amides is 2. The van der Waals surface area contributed by atoms with Crippen LogP contribution in [-0.2, 0) is 14.0 Å². The molecule has 386 valence electrons. The number of ether oxygens (including phenoxy) is 2. The van der Waals surface area contributed by atoms with E-state index in [1.54, 1.807) is 6.92 Å². The van der Waals surface area contributed by atoms with Crippen LogP contribution in [0.25, 0.3) is 0 Å². The summed E-state index contributed by atoms with van der Waals surface area (Å²) < 4.78 is 280. The Kier molecular flexibility index (Phi) is 18.8. The van der Waals surface area contributed by atoms with Crippen LogP contribution in [0.4, 0.5) is 93.9 Å². The minimum atomic E-state index is -8.73. The Morgan fingerprint density at radius 1 is 0.706 bits per heavy atom. The minimum absolute atomic E-state index is 0.0250. The van der Waals surface area contributed by atoms with E-state index in [1.807, 2.05) is 0 Å². The zero-order valence-electron chi connectivity index (χ0n) is 36.1. The third kappa shape index (κ3) is 12.2. The summed E-state index contributed by atoms with van der Waals surface area (Å²) in [5, 5.41) is 10.9. The summed E-state index contributed by atoms with van der Waals surface area (Å²) in [4.78, 5) is 24.3. The molecule has 0 saturated heterocycles. The number of allylic oxidation sites excluding steroid dienone is 2. The zero-order valence-corrected chi connectivity index (χ0v) is 37.1. The van der Waals surface area contributed by atoms with Gasteiger partial charge in [0.25, 0.3) is 5.91 Å². The standard InChI is InChI=1S/C40H43F19N2O6Si/c1-21(2)68(22(3)4,18-15-33(43,44)34(45,46)35(47,48)36(49,50)37(51,52)38(53,54)39(55,56)40(57,58)59)66-17-16-65-27-12-9-25(10-13-27)31(24(6)8-7-23(5)19-30(62)61-64)67-32(63)60-29-14-11-26(41)20-28(29)42/h7-14,19-22,24,31,64H,15-18H2,1-6H3,(H,60,63)(H,61,62)/b8-7+,23-19+/t24-,31+/m1/s1. The number of anilines is 1. The molecule has 68 heavy (non-hydrogen) atoms. The highest BCUT2D eigenvalue weighted by Gasteiger charge is 2.95. The third-order valence-electron chi connectivity index (χ3n) is 10.5. The molecule has 0 saturated carbocycles. The van der Waals surface area contributed by atoms with E-state index in [-0.39, 0.29) is 11.3 Å². The molecule has 2 atom stereocenters. The number of rotatable bonds is 23. The number of carbonyl (C=O) groups excluding carboxylic acids is 2. The van der Waals surface area contributed by atoms with Gasteiger partial charge in [0.05, 0.1) is 12.3 Å². The molecule has 0 spiro atoms. The van der Waals surface area contributed by atoms with Crippen LogP contribution in [-0.4, -0.2) is 86.4 Å². The van der Waals surface area contributed by atoms with E-state index < -0.39 is 134 Å². The number of nitrogens with one attached hydrogen (secondary N) is 2. The number of alkyl halides is 17. The molecule has 0 aliphatic heterocycles. The number of hydroxylamine groups is 1. The van der Waals surface area contributed by atoms with Gasteiger partial charge in [0.2, 0.25) is 0 Å². The third-order valence-corrected chi connectivity index (χ3v) is 16.2. The second-order valence-corrected chi connectivity index (χ2v) is 20.8. The highest BCUT2D eigenvalue weighted by Crippen LogP contribution is 2.64. The van der Waals surface area contributed by atoms with Gasteiger partial charge in [0.15, 0.2) is 8.32 Å². The lowest BCUT2D eigenvalue weighted by Gasteiger charge is -2.44. The fourth-order valence-electron chi connectivity index (χ4n) is 6.52. The monoisotopic (exact) mass is 1040 g/mol. The van der Waals surface area contributed by atoms with Crippen molar-refractivity contribution in [3.05, 3.63) is 83.5 Å². The van der Waals surface area contributed by atoms with Gasteiger partial charge in [-0.1, -0.05) is 58.9 Å². The van der Waals surface area contributed by atoms with Gasteiger partial charge in [-0.05, 0) is 59.5 Å². The van der Waals surface area contributed by atoms with Gasteiger partial charge in [-0.15, -0.1) is 0 Å². The maximum absolute atomic E-state index is 15.0. The van der Waals surface area contributed by atoms with Crippen LogP contribution >= 0.6 is 0 Å². The predicted molar refractivity (Wildman–Crippen MR) is 205 cm³/mol. The van der Waals surface area contributed by atoms with Gasteiger partial charge in [-0.3, -0.25) is 15.3 Å². The van der Waals surface area contributed by atoms with Gasteiger partial charge < -0.3 is 13.9 Å². The van der Waals surface area contributed by atoms with E-state index in [2.05, 4.69) is 5.32 Å². The number of carbonyl (C=O) groups is 2. The SMILES string of the molecule is CC(/C=C/[C@@H](C)[C@H](OC(=O)Nc1ccc(F)cc1F)c1ccc(OCCO[Si](CCC(F)(F)C(F)(F)C(F)(F)C(F)(F)C(F)(F)C(F)(F)C(F)(F)C(F)(F)F)(C(C)C)C(C)C)cc1)=C\C(=O)NO. The molecule has 0 bridgehead atoms. The predicted octanol–water partition coefficient (Wildman–Crippen LogP) is 13.5. The van der Waals surface area contributed by atoms with Crippen molar-refractivity contribution in [3.63, 3.8) is 0 Å². The molecule has 2 amide bonds. The Balaban J connectivity index is 2.34. The molecule has 28 heteroatoms. The quantitative estimate of drug-likeness (QED) is 0.0195.